The number of carbonyl (C=O) groups is 3. The van der Waals surface area contributed by atoms with Crippen LogP contribution in [0.2, 0.25) is 0 Å². The molecule has 0 aromatic heterocycles. The Bertz CT molecular complexity index is 311. The summed E-state index contributed by atoms with van der Waals surface area (Å²) in [5, 5.41) is 0. The number of rotatable bonds is 8. The van der Waals surface area contributed by atoms with E-state index in [1.54, 1.807) is 6.92 Å². The zero-order chi connectivity index (χ0) is 14.0. The van der Waals surface area contributed by atoms with Gasteiger partial charge in [-0.15, -0.1) is 0 Å². The van der Waals surface area contributed by atoms with Crippen molar-refractivity contribution >= 4 is 17.9 Å². The van der Waals surface area contributed by atoms with Crippen LogP contribution in [0.4, 0.5) is 0 Å². The molecule has 0 rings (SSSR count). The minimum atomic E-state index is -1.06. The van der Waals surface area contributed by atoms with Crippen molar-refractivity contribution in [1.82, 2.24) is 0 Å². The lowest BCUT2D eigenvalue weighted by molar-refractivity contribution is -0.173. The summed E-state index contributed by atoms with van der Waals surface area (Å²) in [6.07, 6.45) is 0.194. The summed E-state index contributed by atoms with van der Waals surface area (Å²) in [6, 6.07) is 0. The van der Waals surface area contributed by atoms with E-state index >= 15 is 0 Å². The van der Waals surface area contributed by atoms with E-state index in [2.05, 4.69) is 25.5 Å². The molecule has 0 N–H and O–H groups in total. The molecule has 102 valence electrons. The molecule has 0 saturated heterocycles. The first kappa shape index (κ1) is 16.0. The standard InChI is InChI=1S/C11H16O7/c1-4-9(12)18-8(3)11(14)16-6-10(13)17-7-15-5-2/h5,8H,2,4,6-7H2,1,3H3. The molecule has 0 aromatic rings. The third-order valence-corrected chi connectivity index (χ3v) is 1.67. The Morgan fingerprint density at radius 1 is 1.22 bits per heavy atom. The third-order valence-electron chi connectivity index (χ3n) is 1.67. The van der Waals surface area contributed by atoms with Gasteiger partial charge in [-0.05, 0) is 6.92 Å². The Morgan fingerprint density at radius 3 is 2.44 bits per heavy atom. The summed E-state index contributed by atoms with van der Waals surface area (Å²) in [4.78, 5) is 33.2. The van der Waals surface area contributed by atoms with Crippen LogP contribution in [0.1, 0.15) is 20.3 Å². The lowest BCUT2D eigenvalue weighted by Gasteiger charge is -2.11. The molecule has 0 aliphatic rings. The van der Waals surface area contributed by atoms with Crippen LogP contribution in [0.3, 0.4) is 0 Å². The lowest BCUT2D eigenvalue weighted by Crippen LogP contribution is -2.28. The van der Waals surface area contributed by atoms with Crippen LogP contribution in [-0.2, 0) is 33.3 Å². The Balaban J connectivity index is 3.84. The van der Waals surface area contributed by atoms with Gasteiger partial charge in [0.25, 0.3) is 0 Å². The molecule has 0 saturated carbocycles. The van der Waals surface area contributed by atoms with Crippen LogP contribution < -0.4 is 0 Å². The molecule has 0 aliphatic carbocycles. The monoisotopic (exact) mass is 260 g/mol. The molecule has 0 heterocycles. The van der Waals surface area contributed by atoms with Crippen LogP contribution in [0.5, 0.6) is 0 Å². The third kappa shape index (κ3) is 7.26. The van der Waals surface area contributed by atoms with E-state index in [9.17, 15) is 14.4 Å². The van der Waals surface area contributed by atoms with Gasteiger partial charge >= 0.3 is 17.9 Å². The van der Waals surface area contributed by atoms with Gasteiger partial charge in [0, 0.05) is 6.42 Å². The van der Waals surface area contributed by atoms with Crippen molar-refractivity contribution in [3.05, 3.63) is 12.8 Å². The molecule has 0 aromatic carbocycles. The van der Waals surface area contributed by atoms with Gasteiger partial charge in [0.2, 0.25) is 6.79 Å². The van der Waals surface area contributed by atoms with E-state index in [-0.39, 0.29) is 13.2 Å². The van der Waals surface area contributed by atoms with E-state index in [0.29, 0.717) is 0 Å². The molecule has 0 spiro atoms. The molecule has 0 amide bonds. The molecule has 1 unspecified atom stereocenters. The Labute approximate surface area is 105 Å². The summed E-state index contributed by atoms with van der Waals surface area (Å²) >= 11 is 0. The van der Waals surface area contributed by atoms with Crippen LogP contribution in [0.25, 0.3) is 0 Å². The van der Waals surface area contributed by atoms with Crippen molar-refractivity contribution in [1.29, 1.82) is 0 Å². The topological polar surface area (TPSA) is 88.1 Å². The zero-order valence-electron chi connectivity index (χ0n) is 10.3. The van der Waals surface area contributed by atoms with E-state index in [1.165, 1.54) is 6.92 Å². The maximum atomic E-state index is 11.3. The van der Waals surface area contributed by atoms with Crippen molar-refractivity contribution < 1.29 is 33.3 Å². The van der Waals surface area contributed by atoms with E-state index in [1.807, 2.05) is 0 Å². The number of hydrogen-bond acceptors (Lipinski definition) is 7. The van der Waals surface area contributed by atoms with Gasteiger partial charge in [-0.25, -0.2) is 9.59 Å². The van der Waals surface area contributed by atoms with Crippen molar-refractivity contribution in [2.45, 2.75) is 26.4 Å². The largest absolute Gasteiger partial charge is 0.466 e. The van der Waals surface area contributed by atoms with E-state index < -0.39 is 30.6 Å². The number of hydrogen-bond donors (Lipinski definition) is 0. The second-order valence-corrected chi connectivity index (χ2v) is 3.06. The van der Waals surface area contributed by atoms with E-state index in [0.717, 1.165) is 6.26 Å². The molecular formula is C11H16O7. The van der Waals surface area contributed by atoms with Gasteiger partial charge in [-0.1, -0.05) is 13.5 Å². The fraction of sp³-hybridized carbons (Fsp3) is 0.545. The quantitative estimate of drug-likeness (QED) is 0.207. The summed E-state index contributed by atoms with van der Waals surface area (Å²) in [5.74, 6) is -2.13. The second kappa shape index (κ2) is 9.03. The van der Waals surface area contributed by atoms with Crippen LogP contribution in [0.15, 0.2) is 12.8 Å². The van der Waals surface area contributed by atoms with Gasteiger partial charge in [-0.3, -0.25) is 4.79 Å². The van der Waals surface area contributed by atoms with Crippen LogP contribution in [-0.4, -0.2) is 37.4 Å². The highest BCUT2D eigenvalue weighted by atomic mass is 16.7. The van der Waals surface area contributed by atoms with Crippen molar-refractivity contribution in [3.8, 4) is 0 Å². The molecule has 7 nitrogen and oxygen atoms in total. The molecule has 7 heteroatoms. The average Bonchev–Trinajstić information content (AvgIpc) is 2.35. The fourth-order valence-corrected chi connectivity index (χ4v) is 0.766. The molecule has 1 atom stereocenters. The predicted molar refractivity (Wildman–Crippen MR) is 59.0 cm³/mol. The second-order valence-electron chi connectivity index (χ2n) is 3.06. The van der Waals surface area contributed by atoms with Gasteiger partial charge in [0.15, 0.2) is 12.7 Å². The smallest absolute Gasteiger partial charge is 0.347 e. The molecule has 0 bridgehead atoms. The maximum absolute atomic E-state index is 11.3. The minimum Gasteiger partial charge on any atom is -0.466 e. The van der Waals surface area contributed by atoms with Crippen LogP contribution >= 0.6 is 0 Å². The summed E-state index contributed by atoms with van der Waals surface area (Å²) in [7, 11) is 0. The van der Waals surface area contributed by atoms with E-state index in [4.69, 9.17) is 0 Å². The van der Waals surface area contributed by atoms with Gasteiger partial charge < -0.3 is 18.9 Å². The predicted octanol–water partition coefficient (Wildman–Crippen LogP) is 0.532. The minimum absolute atomic E-state index is 0.151. The first-order valence-electron chi connectivity index (χ1n) is 5.25. The van der Waals surface area contributed by atoms with Gasteiger partial charge in [0.05, 0.1) is 6.26 Å². The molecule has 18 heavy (non-hydrogen) atoms. The summed E-state index contributed by atoms with van der Waals surface area (Å²) in [5.41, 5.74) is 0. The zero-order valence-corrected chi connectivity index (χ0v) is 10.3. The van der Waals surface area contributed by atoms with Gasteiger partial charge in [-0.2, -0.15) is 0 Å². The molecule has 0 fully saturated rings. The Kier molecular flexibility index (Phi) is 8.00. The fourth-order valence-electron chi connectivity index (χ4n) is 0.766. The van der Waals surface area contributed by atoms with Crippen molar-refractivity contribution in [2.24, 2.45) is 0 Å². The normalized spacial score (nSPS) is 11.0. The molecule has 0 radical (unpaired) electrons. The first-order valence-corrected chi connectivity index (χ1v) is 5.25. The number of ether oxygens (including phenoxy) is 4. The highest BCUT2D eigenvalue weighted by Gasteiger charge is 2.19. The van der Waals surface area contributed by atoms with Gasteiger partial charge in [0.1, 0.15) is 0 Å². The SMILES string of the molecule is C=COCOC(=O)COC(=O)C(C)OC(=O)CC. The van der Waals surface area contributed by atoms with Crippen molar-refractivity contribution in [3.63, 3.8) is 0 Å². The molecular weight excluding hydrogens is 244 g/mol. The van der Waals surface area contributed by atoms with Crippen LogP contribution in [0, 0.1) is 0 Å². The van der Waals surface area contributed by atoms with Crippen molar-refractivity contribution in [2.75, 3.05) is 13.4 Å². The number of esters is 3. The summed E-state index contributed by atoms with van der Waals surface area (Å²) < 4.78 is 18.3. The lowest BCUT2D eigenvalue weighted by atomic mass is 10.4. The Hall–Kier alpha value is -2.05. The maximum Gasteiger partial charge on any atom is 0.347 e. The summed E-state index contributed by atoms with van der Waals surface area (Å²) in [6.45, 7) is 5.31. The Morgan fingerprint density at radius 2 is 1.89 bits per heavy atom. The number of carbonyl (C=O) groups excluding carboxylic acids is 3. The highest BCUT2D eigenvalue weighted by molar-refractivity contribution is 5.81. The average molecular weight is 260 g/mol. The first-order chi connectivity index (χ1) is 8.51. The molecule has 0 aliphatic heterocycles. The highest BCUT2D eigenvalue weighted by Crippen LogP contribution is 1.98.